The van der Waals surface area contributed by atoms with Crippen LogP contribution in [0.2, 0.25) is 0 Å². The van der Waals surface area contributed by atoms with Crippen LogP contribution in [0.25, 0.3) is 0 Å². The average molecular weight is 188 g/mol. The van der Waals surface area contributed by atoms with Crippen LogP contribution in [0.15, 0.2) is 0 Å². The Morgan fingerprint density at radius 3 is 2.46 bits per heavy atom. The Kier molecular flexibility index (Phi) is 3.19. The zero-order chi connectivity index (χ0) is 10.0. The van der Waals surface area contributed by atoms with Gasteiger partial charge in [0.05, 0.1) is 18.7 Å². The maximum atomic E-state index is 9.33. The summed E-state index contributed by atoms with van der Waals surface area (Å²) in [5.41, 5.74) is 5.40. The summed E-state index contributed by atoms with van der Waals surface area (Å²) in [6.45, 7) is -0.455. The van der Waals surface area contributed by atoms with Gasteiger partial charge < -0.3 is 25.8 Å². The highest BCUT2D eigenvalue weighted by Gasteiger charge is 2.42. The molecule has 0 aromatic heterocycles. The fourth-order valence-electron chi connectivity index (χ4n) is 1.25. The van der Waals surface area contributed by atoms with Gasteiger partial charge in [-0.1, -0.05) is 0 Å². The van der Waals surface area contributed by atoms with Crippen LogP contribution in [0.4, 0.5) is 0 Å². The van der Waals surface area contributed by atoms with E-state index in [0.29, 0.717) is 0 Å². The van der Waals surface area contributed by atoms with Crippen molar-refractivity contribution in [1.82, 2.24) is 0 Å². The van der Waals surface area contributed by atoms with Crippen molar-refractivity contribution in [2.75, 3.05) is 6.61 Å². The third-order valence-electron chi connectivity index (χ3n) is 2.10. The number of nitrogens with zero attached hydrogens (tertiary/aromatic N) is 1. The fourth-order valence-corrected chi connectivity index (χ4v) is 1.25. The summed E-state index contributed by atoms with van der Waals surface area (Å²) in [7, 11) is 0. The van der Waals surface area contributed by atoms with Gasteiger partial charge in [-0.25, -0.2) is 0 Å². The van der Waals surface area contributed by atoms with E-state index in [2.05, 4.69) is 0 Å². The van der Waals surface area contributed by atoms with E-state index in [-0.39, 0.29) is 0 Å². The molecule has 6 nitrogen and oxygen atoms in total. The third kappa shape index (κ3) is 1.80. The van der Waals surface area contributed by atoms with Crippen molar-refractivity contribution >= 4 is 0 Å². The highest BCUT2D eigenvalue weighted by molar-refractivity contribution is 5.03. The molecule has 0 aliphatic carbocycles. The van der Waals surface area contributed by atoms with Gasteiger partial charge in [-0.05, 0) is 0 Å². The lowest BCUT2D eigenvalue weighted by Gasteiger charge is -2.37. The molecule has 0 aromatic carbocycles. The first-order valence-electron chi connectivity index (χ1n) is 3.89. The van der Waals surface area contributed by atoms with Crippen molar-refractivity contribution in [1.29, 1.82) is 5.26 Å². The summed E-state index contributed by atoms with van der Waals surface area (Å²) in [6.07, 6.45) is -4.42. The zero-order valence-electron chi connectivity index (χ0n) is 6.87. The molecule has 1 heterocycles. The Bertz CT molecular complexity index is 215. The quantitative estimate of drug-likeness (QED) is 0.356. The van der Waals surface area contributed by atoms with Crippen molar-refractivity contribution in [2.24, 2.45) is 5.73 Å². The van der Waals surface area contributed by atoms with E-state index < -0.39 is 37.1 Å². The summed E-state index contributed by atoms with van der Waals surface area (Å²) >= 11 is 0. The number of aliphatic hydroxyl groups excluding tert-OH is 3. The maximum Gasteiger partial charge on any atom is 0.162 e. The molecule has 1 saturated heterocycles. The fraction of sp³-hybridized carbons (Fsp3) is 0.857. The average Bonchev–Trinajstić information content (AvgIpc) is 2.15. The van der Waals surface area contributed by atoms with Crippen molar-refractivity contribution in [3.05, 3.63) is 0 Å². The minimum atomic E-state index is -1.25. The first kappa shape index (κ1) is 10.4. The van der Waals surface area contributed by atoms with E-state index in [1.807, 2.05) is 0 Å². The number of hydrogen-bond acceptors (Lipinski definition) is 6. The molecule has 6 heteroatoms. The summed E-state index contributed by atoms with van der Waals surface area (Å²) in [5, 5.41) is 35.9. The summed E-state index contributed by atoms with van der Waals surface area (Å²) in [6, 6.07) is 0.798. The van der Waals surface area contributed by atoms with Gasteiger partial charge in [0.15, 0.2) is 6.10 Å². The number of aliphatic hydroxyl groups is 3. The number of nitrogens with two attached hydrogens (primary N) is 1. The minimum Gasteiger partial charge on any atom is -0.394 e. The monoisotopic (exact) mass is 188 g/mol. The highest BCUT2D eigenvalue weighted by atomic mass is 16.5. The van der Waals surface area contributed by atoms with Gasteiger partial charge in [0.25, 0.3) is 0 Å². The topological polar surface area (TPSA) is 120 Å². The predicted molar refractivity (Wildman–Crippen MR) is 41.3 cm³/mol. The lowest BCUT2D eigenvalue weighted by molar-refractivity contribution is -0.174. The molecule has 1 aliphatic rings. The number of rotatable bonds is 1. The van der Waals surface area contributed by atoms with Gasteiger partial charge >= 0.3 is 0 Å². The molecule has 0 saturated carbocycles. The molecular weight excluding hydrogens is 176 g/mol. The van der Waals surface area contributed by atoms with Crippen LogP contribution >= 0.6 is 0 Å². The lowest BCUT2D eigenvalue weighted by Crippen LogP contribution is -2.61. The molecule has 1 unspecified atom stereocenters. The lowest BCUT2D eigenvalue weighted by atomic mass is 9.94. The van der Waals surface area contributed by atoms with Gasteiger partial charge in [-0.3, -0.25) is 0 Å². The SMILES string of the molecule is N#CC1O[C@H](CO)[C@H](O)[C@H](O)[C@H]1N. The highest BCUT2D eigenvalue weighted by Crippen LogP contribution is 2.18. The summed E-state index contributed by atoms with van der Waals surface area (Å²) < 4.78 is 4.93. The first-order chi connectivity index (χ1) is 6.11. The van der Waals surface area contributed by atoms with E-state index >= 15 is 0 Å². The second-order valence-corrected chi connectivity index (χ2v) is 2.97. The molecule has 5 atom stereocenters. The Morgan fingerprint density at radius 2 is 2.00 bits per heavy atom. The Hall–Kier alpha value is -0.710. The van der Waals surface area contributed by atoms with Crippen LogP contribution in [0.1, 0.15) is 0 Å². The third-order valence-corrected chi connectivity index (χ3v) is 2.10. The van der Waals surface area contributed by atoms with Crippen LogP contribution < -0.4 is 5.73 Å². The van der Waals surface area contributed by atoms with Crippen LogP contribution in [-0.2, 0) is 4.74 Å². The number of ether oxygens (including phenoxy) is 1. The Balaban J connectivity index is 2.73. The second-order valence-electron chi connectivity index (χ2n) is 2.97. The van der Waals surface area contributed by atoms with Crippen molar-refractivity contribution in [3.63, 3.8) is 0 Å². The van der Waals surface area contributed by atoms with E-state index in [4.69, 9.17) is 20.8 Å². The van der Waals surface area contributed by atoms with Crippen LogP contribution in [0, 0.1) is 11.3 Å². The summed E-state index contributed by atoms with van der Waals surface area (Å²) in [4.78, 5) is 0. The minimum absolute atomic E-state index is 0.455. The maximum absolute atomic E-state index is 9.33. The van der Waals surface area contributed by atoms with Gasteiger partial charge in [0.2, 0.25) is 0 Å². The zero-order valence-corrected chi connectivity index (χ0v) is 6.87. The van der Waals surface area contributed by atoms with Crippen molar-refractivity contribution < 1.29 is 20.1 Å². The Morgan fingerprint density at radius 1 is 1.38 bits per heavy atom. The smallest absolute Gasteiger partial charge is 0.162 e. The molecule has 1 rings (SSSR count). The van der Waals surface area contributed by atoms with Gasteiger partial charge in [0, 0.05) is 0 Å². The second kappa shape index (κ2) is 4.00. The van der Waals surface area contributed by atoms with E-state index in [1.165, 1.54) is 0 Å². The normalized spacial score (nSPS) is 45.6. The van der Waals surface area contributed by atoms with Gasteiger partial charge in [-0.15, -0.1) is 0 Å². The molecule has 0 amide bonds. The Labute approximate surface area is 75.2 Å². The molecule has 0 bridgehead atoms. The predicted octanol–water partition coefficient (Wildman–Crippen LogP) is -2.68. The molecule has 5 N–H and O–H groups in total. The molecule has 1 aliphatic heterocycles. The standard InChI is InChI=1S/C7H12N2O4/c8-1-3-5(9)7(12)6(11)4(2-10)13-3/h3-7,10-12H,2,9H2/t3?,4-,5+,6+,7-/m1/s1. The van der Waals surface area contributed by atoms with E-state index in [9.17, 15) is 10.2 Å². The van der Waals surface area contributed by atoms with Crippen molar-refractivity contribution in [3.8, 4) is 6.07 Å². The molecule has 0 aromatic rings. The van der Waals surface area contributed by atoms with Crippen LogP contribution in [0.3, 0.4) is 0 Å². The first-order valence-corrected chi connectivity index (χ1v) is 3.89. The number of nitriles is 1. The molecule has 0 spiro atoms. The van der Waals surface area contributed by atoms with E-state index in [1.54, 1.807) is 6.07 Å². The molecule has 0 radical (unpaired) electrons. The largest absolute Gasteiger partial charge is 0.394 e. The summed E-state index contributed by atoms with van der Waals surface area (Å²) in [5.74, 6) is 0. The van der Waals surface area contributed by atoms with Crippen molar-refractivity contribution in [2.45, 2.75) is 30.5 Å². The molecular formula is C7H12N2O4. The van der Waals surface area contributed by atoms with Crippen LogP contribution in [0.5, 0.6) is 0 Å². The molecule has 74 valence electrons. The van der Waals surface area contributed by atoms with Gasteiger partial charge in [-0.2, -0.15) is 5.26 Å². The van der Waals surface area contributed by atoms with Gasteiger partial charge in [0.1, 0.15) is 18.3 Å². The molecule has 1 fully saturated rings. The van der Waals surface area contributed by atoms with E-state index in [0.717, 1.165) is 0 Å². The molecule has 13 heavy (non-hydrogen) atoms. The van der Waals surface area contributed by atoms with Crippen LogP contribution in [-0.4, -0.2) is 52.4 Å². The number of hydrogen-bond donors (Lipinski definition) is 4.